The van der Waals surface area contributed by atoms with Crippen LogP contribution < -0.4 is 0 Å². The van der Waals surface area contributed by atoms with Crippen molar-refractivity contribution in [3.8, 4) is 0 Å². The Kier molecular flexibility index (Phi) is 4.76. The van der Waals surface area contributed by atoms with E-state index in [9.17, 15) is 9.50 Å². The Morgan fingerprint density at radius 2 is 2.11 bits per heavy atom. The first-order chi connectivity index (χ1) is 9.02. The summed E-state index contributed by atoms with van der Waals surface area (Å²) < 4.78 is 16.4. The van der Waals surface area contributed by atoms with Crippen LogP contribution in [0.5, 0.6) is 0 Å². The van der Waals surface area contributed by atoms with Crippen LogP contribution in [0.15, 0.2) is 33.3 Å². The van der Waals surface area contributed by atoms with E-state index in [-0.39, 0.29) is 5.82 Å². The zero-order valence-electron chi connectivity index (χ0n) is 10.3. The normalized spacial score (nSPS) is 12.7. The fraction of sp³-hybridized carbons (Fsp3) is 0.308. The van der Waals surface area contributed by atoms with Crippen molar-refractivity contribution in [3.05, 3.63) is 50.4 Å². The van der Waals surface area contributed by atoms with Gasteiger partial charge in [0.2, 0.25) is 0 Å². The molecular weight excluding hydrogens is 379 g/mol. The van der Waals surface area contributed by atoms with Crippen LogP contribution in [0.3, 0.4) is 0 Å². The van der Waals surface area contributed by atoms with Gasteiger partial charge < -0.3 is 5.11 Å². The lowest BCUT2D eigenvalue weighted by Crippen LogP contribution is -2.11. The lowest BCUT2D eigenvalue weighted by atomic mass is 10.1. The second-order valence-electron chi connectivity index (χ2n) is 4.21. The Bertz CT molecular complexity index is 566. The predicted octanol–water partition coefficient (Wildman–Crippen LogP) is 4.04. The summed E-state index contributed by atoms with van der Waals surface area (Å²) in [7, 11) is 0. The molecule has 1 atom stereocenters. The smallest absolute Gasteiger partial charge is 0.124 e. The maximum absolute atomic E-state index is 13.4. The number of hydrogen-bond donors (Lipinski definition) is 1. The van der Waals surface area contributed by atoms with Crippen LogP contribution in [0.1, 0.15) is 30.7 Å². The number of aliphatic hydroxyl groups excluding tert-OH is 1. The summed E-state index contributed by atoms with van der Waals surface area (Å²) in [6.45, 7) is 2.74. The van der Waals surface area contributed by atoms with Gasteiger partial charge in [0.25, 0.3) is 0 Å². The van der Waals surface area contributed by atoms with E-state index in [1.165, 1.54) is 12.1 Å². The highest BCUT2D eigenvalue weighted by molar-refractivity contribution is 9.10. The molecule has 1 unspecified atom stereocenters. The molecule has 19 heavy (non-hydrogen) atoms. The number of nitrogens with zero attached hydrogens (tertiary/aromatic N) is 2. The molecule has 0 radical (unpaired) electrons. The van der Waals surface area contributed by atoms with Crippen molar-refractivity contribution in [3.63, 3.8) is 0 Å². The molecule has 6 heteroatoms. The quantitative estimate of drug-likeness (QED) is 0.853. The SMILES string of the molecule is CCCn1ncc(Br)c1C(O)c1cc(F)cc(Br)c1. The lowest BCUT2D eigenvalue weighted by molar-refractivity contribution is 0.206. The van der Waals surface area contributed by atoms with E-state index in [1.54, 1.807) is 16.9 Å². The van der Waals surface area contributed by atoms with Crippen molar-refractivity contribution < 1.29 is 9.50 Å². The first kappa shape index (κ1) is 14.7. The Hall–Kier alpha value is -0.720. The minimum absolute atomic E-state index is 0.388. The van der Waals surface area contributed by atoms with E-state index >= 15 is 0 Å². The van der Waals surface area contributed by atoms with Crippen LogP contribution in [0.4, 0.5) is 4.39 Å². The van der Waals surface area contributed by atoms with Crippen LogP contribution in [0.25, 0.3) is 0 Å². The molecule has 102 valence electrons. The lowest BCUT2D eigenvalue weighted by Gasteiger charge is -2.15. The molecule has 1 heterocycles. The summed E-state index contributed by atoms with van der Waals surface area (Å²) in [4.78, 5) is 0. The van der Waals surface area contributed by atoms with Crippen LogP contribution in [-0.4, -0.2) is 14.9 Å². The monoisotopic (exact) mass is 390 g/mol. The number of aromatic nitrogens is 2. The minimum atomic E-state index is -0.921. The van der Waals surface area contributed by atoms with Gasteiger partial charge in [-0.15, -0.1) is 0 Å². The molecule has 0 aliphatic rings. The summed E-state index contributed by atoms with van der Waals surface area (Å²) in [5.74, 6) is -0.388. The highest BCUT2D eigenvalue weighted by atomic mass is 79.9. The summed E-state index contributed by atoms with van der Waals surface area (Å²) in [6.07, 6.45) is 1.62. The van der Waals surface area contributed by atoms with Crippen molar-refractivity contribution >= 4 is 31.9 Å². The van der Waals surface area contributed by atoms with Crippen LogP contribution >= 0.6 is 31.9 Å². The topological polar surface area (TPSA) is 38.0 Å². The third-order valence-electron chi connectivity index (χ3n) is 2.73. The molecule has 0 saturated heterocycles. The van der Waals surface area contributed by atoms with Gasteiger partial charge >= 0.3 is 0 Å². The Labute approximate surface area is 127 Å². The van der Waals surface area contributed by atoms with Crippen LogP contribution in [0.2, 0.25) is 0 Å². The molecule has 0 amide bonds. The van der Waals surface area contributed by atoms with Crippen molar-refractivity contribution in [2.24, 2.45) is 0 Å². The Morgan fingerprint density at radius 1 is 1.37 bits per heavy atom. The van der Waals surface area contributed by atoms with E-state index in [0.29, 0.717) is 26.7 Å². The van der Waals surface area contributed by atoms with E-state index in [4.69, 9.17) is 0 Å². The third-order valence-corrected chi connectivity index (χ3v) is 3.80. The van der Waals surface area contributed by atoms with Crippen molar-refractivity contribution in [2.45, 2.75) is 26.0 Å². The van der Waals surface area contributed by atoms with E-state index in [2.05, 4.69) is 37.0 Å². The van der Waals surface area contributed by atoms with Gasteiger partial charge in [-0.3, -0.25) is 4.68 Å². The number of hydrogen-bond acceptors (Lipinski definition) is 2. The van der Waals surface area contributed by atoms with Crippen LogP contribution in [0, 0.1) is 5.82 Å². The van der Waals surface area contributed by atoms with Gasteiger partial charge in [-0.2, -0.15) is 5.10 Å². The standard InChI is InChI=1S/C13H13Br2FN2O/c1-2-3-18-12(11(15)7-17-18)13(19)8-4-9(14)6-10(16)5-8/h4-7,13,19H,2-3H2,1H3. The van der Waals surface area contributed by atoms with Crippen molar-refractivity contribution in [1.82, 2.24) is 9.78 Å². The Morgan fingerprint density at radius 3 is 2.74 bits per heavy atom. The summed E-state index contributed by atoms with van der Waals surface area (Å²) >= 11 is 6.60. The first-order valence-corrected chi connectivity index (χ1v) is 7.46. The van der Waals surface area contributed by atoms with E-state index in [0.717, 1.165) is 6.42 Å². The van der Waals surface area contributed by atoms with Gasteiger partial charge in [-0.25, -0.2) is 4.39 Å². The molecule has 0 aliphatic carbocycles. The van der Waals surface area contributed by atoms with Crippen LogP contribution in [-0.2, 0) is 6.54 Å². The molecule has 2 aromatic rings. The molecule has 2 rings (SSSR count). The second kappa shape index (κ2) is 6.15. The highest BCUT2D eigenvalue weighted by Crippen LogP contribution is 2.30. The maximum Gasteiger partial charge on any atom is 0.124 e. The fourth-order valence-corrected chi connectivity index (χ4v) is 2.92. The van der Waals surface area contributed by atoms with Gasteiger partial charge in [-0.05, 0) is 46.1 Å². The predicted molar refractivity (Wildman–Crippen MR) is 78.4 cm³/mol. The molecule has 0 fully saturated rings. The Balaban J connectivity index is 2.43. The number of aryl methyl sites for hydroxylation is 1. The van der Waals surface area contributed by atoms with Gasteiger partial charge in [-0.1, -0.05) is 22.9 Å². The molecule has 0 aliphatic heterocycles. The average molecular weight is 392 g/mol. The summed E-state index contributed by atoms with van der Waals surface area (Å²) in [5, 5.41) is 14.6. The largest absolute Gasteiger partial charge is 0.382 e. The number of aliphatic hydroxyl groups is 1. The second-order valence-corrected chi connectivity index (χ2v) is 5.98. The third kappa shape index (κ3) is 3.24. The minimum Gasteiger partial charge on any atom is -0.382 e. The number of halogens is 3. The number of rotatable bonds is 4. The van der Waals surface area contributed by atoms with Gasteiger partial charge in [0.05, 0.1) is 16.4 Å². The van der Waals surface area contributed by atoms with Crippen molar-refractivity contribution in [2.75, 3.05) is 0 Å². The molecule has 1 aromatic heterocycles. The van der Waals surface area contributed by atoms with E-state index in [1.807, 2.05) is 6.92 Å². The molecule has 0 saturated carbocycles. The molecular formula is C13H13Br2FN2O. The van der Waals surface area contributed by atoms with Gasteiger partial charge in [0.1, 0.15) is 11.9 Å². The average Bonchev–Trinajstić information content (AvgIpc) is 2.69. The van der Waals surface area contributed by atoms with Gasteiger partial charge in [0, 0.05) is 11.0 Å². The first-order valence-electron chi connectivity index (χ1n) is 5.88. The molecule has 0 spiro atoms. The number of benzene rings is 1. The fourth-order valence-electron chi connectivity index (χ4n) is 1.92. The highest BCUT2D eigenvalue weighted by Gasteiger charge is 2.20. The zero-order valence-corrected chi connectivity index (χ0v) is 13.4. The molecule has 1 aromatic carbocycles. The van der Waals surface area contributed by atoms with Crippen molar-refractivity contribution in [1.29, 1.82) is 0 Å². The van der Waals surface area contributed by atoms with E-state index < -0.39 is 6.10 Å². The maximum atomic E-state index is 13.4. The molecule has 3 nitrogen and oxygen atoms in total. The molecule has 1 N–H and O–H groups in total. The molecule has 0 bridgehead atoms. The van der Waals surface area contributed by atoms with Gasteiger partial charge in [0.15, 0.2) is 0 Å². The zero-order chi connectivity index (χ0) is 14.0. The summed E-state index contributed by atoms with van der Waals surface area (Å²) in [6, 6.07) is 4.38. The summed E-state index contributed by atoms with van der Waals surface area (Å²) in [5.41, 5.74) is 1.13.